The Labute approximate surface area is 121 Å². The molecule has 0 aromatic heterocycles. The first kappa shape index (κ1) is 14.9. The second-order valence-electron chi connectivity index (χ2n) is 5.58. The Morgan fingerprint density at radius 1 is 1.35 bits per heavy atom. The van der Waals surface area contributed by atoms with E-state index in [9.17, 15) is 4.79 Å². The van der Waals surface area contributed by atoms with Crippen LogP contribution in [0.4, 0.5) is 4.79 Å². The summed E-state index contributed by atoms with van der Waals surface area (Å²) in [4.78, 5) is 14.0. The van der Waals surface area contributed by atoms with Crippen LogP contribution in [-0.4, -0.2) is 31.1 Å². The molecule has 1 aromatic carbocycles. The Bertz CT molecular complexity index is 440. The van der Waals surface area contributed by atoms with Gasteiger partial charge in [0.1, 0.15) is 0 Å². The largest absolute Gasteiger partial charge is 0.380 e. The number of likely N-dealkylation sites (tertiary alicyclic amines) is 1. The third-order valence-corrected chi connectivity index (χ3v) is 3.82. The number of carbonyl (C=O) groups excluding carboxylic acids is 1. The summed E-state index contributed by atoms with van der Waals surface area (Å²) in [6.45, 7) is 5.16. The van der Waals surface area contributed by atoms with Gasteiger partial charge in [0.2, 0.25) is 0 Å². The highest BCUT2D eigenvalue weighted by atomic mass is 16.5. The fraction of sp³-hybridized carbons (Fsp3) is 0.562. The summed E-state index contributed by atoms with van der Waals surface area (Å²) < 4.78 is 5.12. The van der Waals surface area contributed by atoms with Gasteiger partial charge in [-0.1, -0.05) is 31.2 Å². The third kappa shape index (κ3) is 4.23. The number of rotatable bonds is 4. The lowest BCUT2D eigenvalue weighted by Crippen LogP contribution is -2.43. The predicted molar refractivity (Wildman–Crippen MR) is 79.4 cm³/mol. The number of benzene rings is 1. The molecule has 0 bridgehead atoms. The minimum absolute atomic E-state index is 0.0500. The van der Waals surface area contributed by atoms with Crippen LogP contribution in [-0.2, 0) is 17.9 Å². The summed E-state index contributed by atoms with van der Waals surface area (Å²) in [6, 6.07) is 8.17. The number of carbonyl (C=O) groups is 1. The standard InChI is InChI=1S/C16H24N2O2/c1-13-6-8-18(9-7-13)16(19)17-11-14-4-3-5-15(10-14)12-20-2/h3-5,10,13H,6-9,11-12H2,1-2H3,(H,17,19). The van der Waals surface area contributed by atoms with Gasteiger partial charge in [-0.2, -0.15) is 0 Å². The number of piperidine rings is 1. The Morgan fingerprint density at radius 3 is 2.75 bits per heavy atom. The van der Waals surface area contributed by atoms with E-state index in [4.69, 9.17) is 4.74 Å². The quantitative estimate of drug-likeness (QED) is 0.918. The molecular formula is C16H24N2O2. The molecule has 2 rings (SSSR count). The van der Waals surface area contributed by atoms with Crippen LogP contribution in [0.5, 0.6) is 0 Å². The average molecular weight is 276 g/mol. The van der Waals surface area contributed by atoms with Crippen molar-refractivity contribution in [2.24, 2.45) is 5.92 Å². The molecule has 1 aliphatic heterocycles. The lowest BCUT2D eigenvalue weighted by molar-refractivity contribution is 0.173. The minimum Gasteiger partial charge on any atom is -0.380 e. The van der Waals surface area contributed by atoms with Crippen molar-refractivity contribution in [3.8, 4) is 0 Å². The van der Waals surface area contributed by atoms with Gasteiger partial charge in [-0.25, -0.2) is 4.79 Å². The lowest BCUT2D eigenvalue weighted by atomic mass is 10.00. The molecule has 0 atom stereocenters. The van der Waals surface area contributed by atoms with Gasteiger partial charge in [-0.05, 0) is 29.9 Å². The van der Waals surface area contributed by atoms with Gasteiger partial charge in [0.15, 0.2) is 0 Å². The monoisotopic (exact) mass is 276 g/mol. The fourth-order valence-electron chi connectivity index (χ4n) is 2.50. The zero-order valence-electron chi connectivity index (χ0n) is 12.4. The van der Waals surface area contributed by atoms with E-state index in [1.807, 2.05) is 23.1 Å². The van der Waals surface area contributed by atoms with Gasteiger partial charge in [0.25, 0.3) is 0 Å². The maximum atomic E-state index is 12.1. The third-order valence-electron chi connectivity index (χ3n) is 3.82. The molecule has 1 N–H and O–H groups in total. The summed E-state index contributed by atoms with van der Waals surface area (Å²) in [7, 11) is 1.69. The fourth-order valence-corrected chi connectivity index (χ4v) is 2.50. The molecule has 0 spiro atoms. The van der Waals surface area contributed by atoms with Gasteiger partial charge in [0.05, 0.1) is 6.61 Å². The predicted octanol–water partition coefficient (Wildman–Crippen LogP) is 2.77. The molecule has 4 heteroatoms. The Hall–Kier alpha value is -1.55. The van der Waals surface area contributed by atoms with Crippen LogP contribution in [0, 0.1) is 5.92 Å². The first-order chi connectivity index (χ1) is 9.69. The smallest absolute Gasteiger partial charge is 0.317 e. The van der Waals surface area contributed by atoms with Crippen molar-refractivity contribution in [1.29, 1.82) is 0 Å². The first-order valence-electron chi connectivity index (χ1n) is 7.28. The normalized spacial score (nSPS) is 16.2. The van der Waals surface area contributed by atoms with Gasteiger partial charge in [0, 0.05) is 26.7 Å². The van der Waals surface area contributed by atoms with E-state index in [-0.39, 0.29) is 6.03 Å². The zero-order valence-corrected chi connectivity index (χ0v) is 12.4. The van der Waals surface area contributed by atoms with E-state index < -0.39 is 0 Å². The number of methoxy groups -OCH3 is 1. The molecule has 1 heterocycles. The summed E-state index contributed by atoms with van der Waals surface area (Å²) in [6.07, 6.45) is 2.22. The summed E-state index contributed by atoms with van der Waals surface area (Å²) in [5, 5.41) is 3.00. The minimum atomic E-state index is 0.0500. The molecular weight excluding hydrogens is 252 g/mol. The Morgan fingerprint density at radius 2 is 2.05 bits per heavy atom. The maximum Gasteiger partial charge on any atom is 0.317 e. The molecule has 0 unspecified atom stereocenters. The van der Waals surface area contributed by atoms with E-state index >= 15 is 0 Å². The van der Waals surface area contributed by atoms with Crippen LogP contribution in [0.25, 0.3) is 0 Å². The van der Waals surface area contributed by atoms with Gasteiger partial charge in [-0.15, -0.1) is 0 Å². The first-order valence-corrected chi connectivity index (χ1v) is 7.28. The van der Waals surface area contributed by atoms with Crippen LogP contribution in [0.2, 0.25) is 0 Å². The number of ether oxygens (including phenoxy) is 1. The van der Waals surface area contributed by atoms with Gasteiger partial charge in [-0.3, -0.25) is 0 Å². The Kier molecular flexibility index (Phi) is 5.41. The van der Waals surface area contributed by atoms with Crippen molar-refractivity contribution in [2.45, 2.75) is 32.9 Å². The number of amides is 2. The molecule has 0 radical (unpaired) electrons. The molecule has 110 valence electrons. The van der Waals surface area contributed by atoms with E-state index in [1.54, 1.807) is 7.11 Å². The molecule has 1 saturated heterocycles. The molecule has 4 nitrogen and oxygen atoms in total. The summed E-state index contributed by atoms with van der Waals surface area (Å²) in [5.74, 6) is 0.741. The van der Waals surface area contributed by atoms with Crippen molar-refractivity contribution in [1.82, 2.24) is 10.2 Å². The van der Waals surface area contributed by atoms with E-state index in [0.29, 0.717) is 13.2 Å². The van der Waals surface area contributed by atoms with E-state index in [0.717, 1.165) is 43.0 Å². The number of nitrogens with zero attached hydrogens (tertiary/aromatic N) is 1. The topological polar surface area (TPSA) is 41.6 Å². The summed E-state index contributed by atoms with van der Waals surface area (Å²) in [5.41, 5.74) is 2.24. The van der Waals surface area contributed by atoms with Crippen molar-refractivity contribution in [2.75, 3.05) is 20.2 Å². The van der Waals surface area contributed by atoms with E-state index in [1.165, 1.54) is 0 Å². The van der Waals surface area contributed by atoms with Crippen LogP contribution >= 0.6 is 0 Å². The second kappa shape index (κ2) is 7.29. The molecule has 1 aromatic rings. The summed E-state index contributed by atoms with van der Waals surface area (Å²) >= 11 is 0. The van der Waals surface area contributed by atoms with Crippen molar-refractivity contribution >= 4 is 6.03 Å². The number of urea groups is 1. The number of hydrogen-bond acceptors (Lipinski definition) is 2. The molecule has 2 amide bonds. The SMILES string of the molecule is COCc1cccc(CNC(=O)N2CCC(C)CC2)c1. The highest BCUT2D eigenvalue weighted by Crippen LogP contribution is 2.16. The number of nitrogens with one attached hydrogen (secondary N) is 1. The molecule has 1 fully saturated rings. The van der Waals surface area contributed by atoms with Gasteiger partial charge >= 0.3 is 6.03 Å². The Balaban J connectivity index is 1.82. The van der Waals surface area contributed by atoms with Crippen LogP contribution in [0.3, 0.4) is 0 Å². The molecule has 0 saturated carbocycles. The van der Waals surface area contributed by atoms with Crippen LogP contribution in [0.15, 0.2) is 24.3 Å². The molecule has 1 aliphatic rings. The highest BCUT2D eigenvalue weighted by molar-refractivity contribution is 5.74. The molecule has 20 heavy (non-hydrogen) atoms. The lowest BCUT2D eigenvalue weighted by Gasteiger charge is -2.30. The molecule has 0 aliphatic carbocycles. The van der Waals surface area contributed by atoms with Crippen molar-refractivity contribution in [3.05, 3.63) is 35.4 Å². The highest BCUT2D eigenvalue weighted by Gasteiger charge is 2.19. The number of hydrogen-bond donors (Lipinski definition) is 1. The van der Waals surface area contributed by atoms with Crippen molar-refractivity contribution in [3.63, 3.8) is 0 Å². The van der Waals surface area contributed by atoms with Crippen molar-refractivity contribution < 1.29 is 9.53 Å². The second-order valence-corrected chi connectivity index (χ2v) is 5.58. The van der Waals surface area contributed by atoms with Gasteiger partial charge < -0.3 is 15.0 Å². The van der Waals surface area contributed by atoms with Crippen LogP contribution < -0.4 is 5.32 Å². The maximum absolute atomic E-state index is 12.1. The van der Waals surface area contributed by atoms with E-state index in [2.05, 4.69) is 18.3 Å². The zero-order chi connectivity index (χ0) is 14.4. The average Bonchev–Trinajstić information content (AvgIpc) is 2.46. The van der Waals surface area contributed by atoms with Crippen LogP contribution in [0.1, 0.15) is 30.9 Å².